The lowest BCUT2D eigenvalue weighted by atomic mass is 10.2. The van der Waals surface area contributed by atoms with Crippen molar-refractivity contribution in [2.45, 2.75) is 12.8 Å². The number of rotatable bonds is 6. The summed E-state index contributed by atoms with van der Waals surface area (Å²) in [6, 6.07) is 5.30. The summed E-state index contributed by atoms with van der Waals surface area (Å²) >= 11 is 0. The van der Waals surface area contributed by atoms with Gasteiger partial charge in [0.1, 0.15) is 0 Å². The predicted octanol–water partition coefficient (Wildman–Crippen LogP) is 1.28. The largest absolute Gasteiger partial charge is 0.469 e. The number of nitro groups is 1. The molecule has 1 N–H and O–H groups in total. The average molecular weight is 266 g/mol. The third kappa shape index (κ3) is 4.74. The van der Waals surface area contributed by atoms with Crippen LogP contribution in [0, 0.1) is 10.1 Å². The zero-order valence-electron chi connectivity index (χ0n) is 10.4. The van der Waals surface area contributed by atoms with Gasteiger partial charge in [-0.1, -0.05) is 0 Å². The number of hydrogen-bond acceptors (Lipinski definition) is 5. The second-order valence-corrected chi connectivity index (χ2v) is 3.74. The Morgan fingerprint density at radius 3 is 2.47 bits per heavy atom. The number of carbonyl (C=O) groups is 2. The maximum Gasteiger partial charge on any atom is 0.305 e. The number of nitro benzene ring substituents is 1. The van der Waals surface area contributed by atoms with Gasteiger partial charge in [-0.05, 0) is 18.6 Å². The first kappa shape index (κ1) is 14.6. The zero-order valence-corrected chi connectivity index (χ0v) is 10.4. The van der Waals surface area contributed by atoms with Crippen molar-refractivity contribution in [2.24, 2.45) is 0 Å². The molecular weight excluding hydrogens is 252 g/mol. The van der Waals surface area contributed by atoms with Crippen molar-refractivity contribution in [3.05, 3.63) is 39.9 Å². The standard InChI is InChI=1S/C12H14N2O5/c1-19-11(15)3-2-8-13-12(16)9-4-6-10(7-5-9)14(17)18/h4-7H,2-3,8H2,1H3,(H,13,16). The molecule has 1 aromatic carbocycles. The summed E-state index contributed by atoms with van der Waals surface area (Å²) in [4.78, 5) is 32.4. The third-order valence-corrected chi connectivity index (χ3v) is 2.41. The van der Waals surface area contributed by atoms with E-state index in [1.165, 1.54) is 31.4 Å². The summed E-state index contributed by atoms with van der Waals surface area (Å²) in [5.74, 6) is -0.663. The summed E-state index contributed by atoms with van der Waals surface area (Å²) in [7, 11) is 1.30. The fourth-order valence-corrected chi connectivity index (χ4v) is 1.37. The van der Waals surface area contributed by atoms with Crippen LogP contribution in [-0.2, 0) is 9.53 Å². The summed E-state index contributed by atoms with van der Waals surface area (Å²) in [6.45, 7) is 0.338. The predicted molar refractivity (Wildman–Crippen MR) is 66.7 cm³/mol. The van der Waals surface area contributed by atoms with Crippen LogP contribution in [0.5, 0.6) is 0 Å². The van der Waals surface area contributed by atoms with E-state index in [0.29, 0.717) is 18.5 Å². The van der Waals surface area contributed by atoms with Crippen molar-refractivity contribution in [1.29, 1.82) is 0 Å². The molecule has 0 atom stereocenters. The molecule has 0 aliphatic carbocycles. The second kappa shape index (κ2) is 7.10. The van der Waals surface area contributed by atoms with Crippen LogP contribution < -0.4 is 5.32 Å². The van der Waals surface area contributed by atoms with E-state index < -0.39 is 4.92 Å². The number of nitrogens with one attached hydrogen (secondary N) is 1. The highest BCUT2D eigenvalue weighted by atomic mass is 16.6. The van der Waals surface area contributed by atoms with Crippen molar-refractivity contribution >= 4 is 17.6 Å². The van der Waals surface area contributed by atoms with Crippen LogP contribution in [0.25, 0.3) is 0 Å². The van der Waals surface area contributed by atoms with Crippen LogP contribution in [-0.4, -0.2) is 30.5 Å². The molecule has 0 saturated carbocycles. The number of methoxy groups -OCH3 is 1. The minimum atomic E-state index is -0.530. The molecule has 0 heterocycles. The number of benzene rings is 1. The molecule has 19 heavy (non-hydrogen) atoms. The Balaban J connectivity index is 2.41. The van der Waals surface area contributed by atoms with E-state index in [-0.39, 0.29) is 24.0 Å². The quantitative estimate of drug-likeness (QED) is 0.362. The topological polar surface area (TPSA) is 98.5 Å². The van der Waals surface area contributed by atoms with Crippen LogP contribution in [0.2, 0.25) is 0 Å². The van der Waals surface area contributed by atoms with Crippen molar-refractivity contribution in [3.63, 3.8) is 0 Å². The molecule has 0 fully saturated rings. The Bertz CT molecular complexity index is 470. The van der Waals surface area contributed by atoms with E-state index in [2.05, 4.69) is 10.1 Å². The molecule has 0 aromatic heterocycles. The molecule has 1 rings (SSSR count). The first-order valence-corrected chi connectivity index (χ1v) is 5.64. The van der Waals surface area contributed by atoms with Gasteiger partial charge in [-0.2, -0.15) is 0 Å². The van der Waals surface area contributed by atoms with E-state index >= 15 is 0 Å². The van der Waals surface area contributed by atoms with Gasteiger partial charge in [-0.15, -0.1) is 0 Å². The van der Waals surface area contributed by atoms with Crippen molar-refractivity contribution in [3.8, 4) is 0 Å². The Labute approximate surface area is 109 Å². The van der Waals surface area contributed by atoms with Crippen molar-refractivity contribution in [2.75, 3.05) is 13.7 Å². The van der Waals surface area contributed by atoms with Crippen LogP contribution in [0.4, 0.5) is 5.69 Å². The fraction of sp³-hybridized carbons (Fsp3) is 0.333. The lowest BCUT2D eigenvalue weighted by Crippen LogP contribution is -2.24. The molecule has 1 aromatic rings. The molecule has 0 aliphatic rings. The average Bonchev–Trinajstić information content (AvgIpc) is 2.43. The Morgan fingerprint density at radius 2 is 1.95 bits per heavy atom. The Kier molecular flexibility index (Phi) is 5.46. The van der Waals surface area contributed by atoms with Gasteiger partial charge in [0.15, 0.2) is 0 Å². The number of non-ortho nitro benzene ring substituents is 1. The molecule has 7 nitrogen and oxygen atoms in total. The number of amides is 1. The van der Waals surface area contributed by atoms with Crippen LogP contribution in [0.1, 0.15) is 23.2 Å². The highest BCUT2D eigenvalue weighted by molar-refractivity contribution is 5.94. The lowest BCUT2D eigenvalue weighted by Gasteiger charge is -2.04. The van der Waals surface area contributed by atoms with E-state index in [0.717, 1.165) is 0 Å². The van der Waals surface area contributed by atoms with E-state index in [1.54, 1.807) is 0 Å². The monoisotopic (exact) mass is 266 g/mol. The number of hydrogen-bond donors (Lipinski definition) is 1. The highest BCUT2D eigenvalue weighted by Gasteiger charge is 2.09. The number of ether oxygens (including phenoxy) is 1. The van der Waals surface area contributed by atoms with Gasteiger partial charge < -0.3 is 10.1 Å². The van der Waals surface area contributed by atoms with E-state index in [1.807, 2.05) is 0 Å². The molecule has 0 bridgehead atoms. The summed E-state index contributed by atoms with van der Waals surface area (Å²) < 4.78 is 4.46. The highest BCUT2D eigenvalue weighted by Crippen LogP contribution is 2.11. The first-order valence-electron chi connectivity index (χ1n) is 5.64. The van der Waals surface area contributed by atoms with E-state index in [9.17, 15) is 19.7 Å². The minimum Gasteiger partial charge on any atom is -0.469 e. The van der Waals surface area contributed by atoms with Gasteiger partial charge in [0.05, 0.1) is 12.0 Å². The maximum absolute atomic E-state index is 11.6. The third-order valence-electron chi connectivity index (χ3n) is 2.41. The molecule has 0 aliphatic heterocycles. The smallest absolute Gasteiger partial charge is 0.305 e. The number of carbonyl (C=O) groups excluding carboxylic acids is 2. The molecule has 102 valence electrons. The van der Waals surface area contributed by atoms with Crippen molar-refractivity contribution < 1.29 is 19.2 Å². The molecular formula is C12H14N2O5. The summed E-state index contributed by atoms with van der Waals surface area (Å²) in [5.41, 5.74) is 0.269. The summed E-state index contributed by atoms with van der Waals surface area (Å²) in [6.07, 6.45) is 0.711. The normalized spacial score (nSPS) is 9.74. The summed E-state index contributed by atoms with van der Waals surface area (Å²) in [5, 5.41) is 13.1. The van der Waals surface area contributed by atoms with Gasteiger partial charge in [0.25, 0.3) is 11.6 Å². The fourth-order valence-electron chi connectivity index (χ4n) is 1.37. The van der Waals surface area contributed by atoms with Crippen molar-refractivity contribution in [1.82, 2.24) is 5.32 Å². The molecule has 1 amide bonds. The Morgan fingerprint density at radius 1 is 1.32 bits per heavy atom. The molecule has 0 unspecified atom stereocenters. The van der Waals surface area contributed by atoms with Gasteiger partial charge >= 0.3 is 5.97 Å². The van der Waals surface area contributed by atoms with Crippen LogP contribution in [0.15, 0.2) is 24.3 Å². The van der Waals surface area contributed by atoms with Crippen LogP contribution in [0.3, 0.4) is 0 Å². The van der Waals surface area contributed by atoms with E-state index in [4.69, 9.17) is 0 Å². The first-order chi connectivity index (χ1) is 9.04. The second-order valence-electron chi connectivity index (χ2n) is 3.74. The van der Waals surface area contributed by atoms with Gasteiger partial charge in [-0.3, -0.25) is 19.7 Å². The maximum atomic E-state index is 11.6. The SMILES string of the molecule is COC(=O)CCCNC(=O)c1ccc([N+](=O)[O-])cc1. The molecule has 0 spiro atoms. The zero-order chi connectivity index (χ0) is 14.3. The number of nitrogens with zero attached hydrogens (tertiary/aromatic N) is 1. The number of esters is 1. The molecule has 0 saturated heterocycles. The Hall–Kier alpha value is -2.44. The van der Waals surface area contributed by atoms with Crippen LogP contribution >= 0.6 is 0 Å². The van der Waals surface area contributed by atoms with Gasteiger partial charge in [0.2, 0.25) is 0 Å². The minimum absolute atomic E-state index is 0.0674. The molecule has 0 radical (unpaired) electrons. The molecule has 7 heteroatoms. The van der Waals surface area contributed by atoms with Gasteiger partial charge in [0, 0.05) is 30.7 Å². The van der Waals surface area contributed by atoms with Gasteiger partial charge in [-0.25, -0.2) is 0 Å². The lowest BCUT2D eigenvalue weighted by molar-refractivity contribution is -0.384.